The maximum Gasteiger partial charge on any atom is 0.292 e. The van der Waals surface area contributed by atoms with E-state index in [9.17, 15) is 9.59 Å². The van der Waals surface area contributed by atoms with Gasteiger partial charge in [0.25, 0.3) is 11.5 Å². The van der Waals surface area contributed by atoms with E-state index in [1.807, 2.05) is 0 Å². The first kappa shape index (κ1) is 9.57. The van der Waals surface area contributed by atoms with E-state index >= 15 is 0 Å². The zero-order valence-corrected chi connectivity index (χ0v) is 8.12. The lowest BCUT2D eigenvalue weighted by molar-refractivity contribution is 0.0955. The minimum absolute atomic E-state index is 0.00620. The molecule has 0 aromatic carbocycles. The molecule has 1 aliphatic rings. The van der Waals surface area contributed by atoms with Gasteiger partial charge >= 0.3 is 0 Å². The molecule has 1 aromatic heterocycles. The number of carbonyl (C=O) groups is 1. The van der Waals surface area contributed by atoms with E-state index in [2.05, 4.69) is 5.32 Å². The van der Waals surface area contributed by atoms with Crippen molar-refractivity contribution in [1.29, 1.82) is 0 Å². The molecule has 0 aliphatic carbocycles. The number of carbonyl (C=O) groups excluding carboxylic acids is 1. The van der Waals surface area contributed by atoms with Gasteiger partial charge in [0.1, 0.15) is 5.69 Å². The quantitative estimate of drug-likeness (QED) is 0.467. The van der Waals surface area contributed by atoms with E-state index in [1.165, 1.54) is 6.07 Å². The van der Waals surface area contributed by atoms with Crippen molar-refractivity contribution in [2.24, 2.45) is 0 Å². The molecule has 0 unspecified atom stereocenters. The minimum atomic E-state index is -0.455. The average Bonchev–Trinajstić information content (AvgIpc) is 2.39. The topological polar surface area (TPSA) is 103 Å². The molecular weight excluding hydrogens is 196 g/mol. The van der Waals surface area contributed by atoms with Gasteiger partial charge in [-0.05, 0) is 18.9 Å². The summed E-state index contributed by atoms with van der Waals surface area (Å²) in [5.74, 6) is 5.35. The standard InChI is InChI=1S/C9H12N4O2/c10-6-4-5-7(13(11)9(6)15)2-1-3-12-8(5)14/h4H,1-3,10-11H2,(H,12,14). The number of anilines is 1. The molecule has 15 heavy (non-hydrogen) atoms. The second kappa shape index (κ2) is 3.30. The van der Waals surface area contributed by atoms with E-state index < -0.39 is 5.56 Å². The fourth-order valence-electron chi connectivity index (χ4n) is 1.70. The fraction of sp³-hybridized carbons (Fsp3) is 0.333. The third-order valence-electron chi connectivity index (χ3n) is 2.49. The third-order valence-corrected chi connectivity index (χ3v) is 2.49. The molecule has 0 saturated heterocycles. The van der Waals surface area contributed by atoms with Crippen LogP contribution in [0, 0.1) is 0 Å². The number of nitrogens with zero attached hydrogens (tertiary/aromatic N) is 1. The van der Waals surface area contributed by atoms with E-state index in [0.29, 0.717) is 24.2 Å². The molecular formula is C9H12N4O2. The normalized spacial score (nSPS) is 15.3. The molecule has 0 atom stereocenters. The molecule has 5 N–H and O–H groups in total. The molecule has 0 fully saturated rings. The van der Waals surface area contributed by atoms with Crippen LogP contribution in [-0.2, 0) is 6.42 Å². The number of nitrogens with two attached hydrogens (primary N) is 2. The van der Waals surface area contributed by atoms with Gasteiger partial charge in [0, 0.05) is 6.54 Å². The summed E-state index contributed by atoms with van der Waals surface area (Å²) in [6, 6.07) is 1.39. The highest BCUT2D eigenvalue weighted by Crippen LogP contribution is 2.13. The summed E-state index contributed by atoms with van der Waals surface area (Å²) in [7, 11) is 0. The Balaban J connectivity index is 2.71. The Kier molecular flexibility index (Phi) is 2.11. The van der Waals surface area contributed by atoms with Crippen LogP contribution in [0.5, 0.6) is 0 Å². The Morgan fingerprint density at radius 3 is 2.87 bits per heavy atom. The largest absolute Gasteiger partial charge is 0.394 e. The van der Waals surface area contributed by atoms with Gasteiger partial charge < -0.3 is 16.9 Å². The average molecular weight is 208 g/mol. The zero-order chi connectivity index (χ0) is 11.0. The van der Waals surface area contributed by atoms with Gasteiger partial charge in [-0.15, -0.1) is 0 Å². The van der Waals surface area contributed by atoms with Gasteiger partial charge in [0.2, 0.25) is 0 Å². The number of amides is 1. The van der Waals surface area contributed by atoms with Crippen molar-refractivity contribution in [2.45, 2.75) is 12.8 Å². The summed E-state index contributed by atoms with van der Waals surface area (Å²) in [6.07, 6.45) is 1.36. The summed E-state index contributed by atoms with van der Waals surface area (Å²) in [5.41, 5.74) is 5.94. The van der Waals surface area contributed by atoms with Crippen LogP contribution in [0.25, 0.3) is 0 Å². The molecule has 80 valence electrons. The third kappa shape index (κ3) is 1.43. The number of hydrogen-bond donors (Lipinski definition) is 3. The van der Waals surface area contributed by atoms with Crippen molar-refractivity contribution in [3.05, 3.63) is 27.7 Å². The summed E-state index contributed by atoms with van der Waals surface area (Å²) < 4.78 is 0.968. The first-order chi connectivity index (χ1) is 7.11. The minimum Gasteiger partial charge on any atom is -0.394 e. The van der Waals surface area contributed by atoms with Crippen LogP contribution in [0.4, 0.5) is 5.69 Å². The SMILES string of the molecule is Nc1cc2c(n(N)c1=O)CCCNC2=O. The van der Waals surface area contributed by atoms with E-state index in [4.69, 9.17) is 11.6 Å². The van der Waals surface area contributed by atoms with E-state index in [0.717, 1.165) is 11.1 Å². The Labute approximate surface area is 85.8 Å². The highest BCUT2D eigenvalue weighted by Gasteiger charge is 2.19. The fourth-order valence-corrected chi connectivity index (χ4v) is 1.70. The lowest BCUT2D eigenvalue weighted by Gasteiger charge is -2.10. The molecule has 2 heterocycles. The number of hydrogen-bond acceptors (Lipinski definition) is 4. The van der Waals surface area contributed by atoms with Crippen LogP contribution in [0.3, 0.4) is 0 Å². The van der Waals surface area contributed by atoms with Crippen molar-refractivity contribution < 1.29 is 4.79 Å². The molecule has 6 heteroatoms. The Bertz CT molecular complexity index is 478. The Hall–Kier alpha value is -1.98. The molecule has 0 bridgehead atoms. The molecule has 1 aromatic rings. The van der Waals surface area contributed by atoms with Crippen molar-refractivity contribution in [3.8, 4) is 0 Å². The van der Waals surface area contributed by atoms with Crippen LogP contribution in [0.2, 0.25) is 0 Å². The van der Waals surface area contributed by atoms with Gasteiger partial charge in [-0.3, -0.25) is 9.59 Å². The predicted molar refractivity (Wildman–Crippen MR) is 55.9 cm³/mol. The van der Waals surface area contributed by atoms with E-state index in [-0.39, 0.29) is 11.6 Å². The smallest absolute Gasteiger partial charge is 0.292 e. The van der Waals surface area contributed by atoms with Crippen LogP contribution >= 0.6 is 0 Å². The van der Waals surface area contributed by atoms with Crippen LogP contribution < -0.4 is 22.5 Å². The van der Waals surface area contributed by atoms with Gasteiger partial charge in [-0.1, -0.05) is 0 Å². The van der Waals surface area contributed by atoms with Crippen molar-refractivity contribution in [2.75, 3.05) is 18.1 Å². The molecule has 0 radical (unpaired) electrons. The summed E-state index contributed by atoms with van der Waals surface area (Å²) in [5, 5.41) is 2.71. The first-order valence-electron chi connectivity index (χ1n) is 4.69. The van der Waals surface area contributed by atoms with Crippen molar-refractivity contribution >= 4 is 11.6 Å². The maximum absolute atomic E-state index is 11.6. The number of aromatic nitrogens is 1. The summed E-state index contributed by atoms with van der Waals surface area (Å²) >= 11 is 0. The molecule has 2 rings (SSSR count). The Morgan fingerprint density at radius 2 is 2.13 bits per heavy atom. The molecule has 0 saturated carbocycles. The second-order valence-electron chi connectivity index (χ2n) is 3.49. The monoisotopic (exact) mass is 208 g/mol. The predicted octanol–water partition coefficient (Wildman–Crippen LogP) is -1.18. The van der Waals surface area contributed by atoms with Gasteiger partial charge in [0.15, 0.2) is 0 Å². The van der Waals surface area contributed by atoms with Gasteiger partial charge in [-0.2, -0.15) is 0 Å². The summed E-state index contributed by atoms with van der Waals surface area (Å²) in [6.45, 7) is 0.585. The van der Waals surface area contributed by atoms with E-state index in [1.54, 1.807) is 0 Å². The number of pyridine rings is 1. The number of nitrogen functional groups attached to an aromatic ring is 2. The van der Waals surface area contributed by atoms with Crippen molar-refractivity contribution in [1.82, 2.24) is 9.99 Å². The van der Waals surface area contributed by atoms with Crippen LogP contribution in [-0.4, -0.2) is 17.1 Å². The van der Waals surface area contributed by atoms with Crippen LogP contribution in [0.15, 0.2) is 10.9 Å². The summed E-state index contributed by atoms with van der Waals surface area (Å²) in [4.78, 5) is 23.0. The molecule has 1 aliphatic heterocycles. The molecule has 1 amide bonds. The zero-order valence-electron chi connectivity index (χ0n) is 8.12. The van der Waals surface area contributed by atoms with Crippen molar-refractivity contribution in [3.63, 3.8) is 0 Å². The van der Waals surface area contributed by atoms with Crippen LogP contribution in [0.1, 0.15) is 22.5 Å². The number of fused-ring (bicyclic) bond motifs is 1. The number of nitrogens with one attached hydrogen (secondary N) is 1. The Morgan fingerprint density at radius 1 is 1.40 bits per heavy atom. The molecule has 6 nitrogen and oxygen atoms in total. The van der Waals surface area contributed by atoms with Gasteiger partial charge in [-0.25, -0.2) is 4.68 Å². The maximum atomic E-state index is 11.6. The second-order valence-corrected chi connectivity index (χ2v) is 3.49. The van der Waals surface area contributed by atoms with Gasteiger partial charge in [0.05, 0.1) is 11.3 Å². The first-order valence-corrected chi connectivity index (χ1v) is 4.69. The highest BCUT2D eigenvalue weighted by atomic mass is 16.2. The highest BCUT2D eigenvalue weighted by molar-refractivity contribution is 5.96. The lowest BCUT2D eigenvalue weighted by Crippen LogP contribution is -2.34. The lowest BCUT2D eigenvalue weighted by atomic mass is 10.1. The number of rotatable bonds is 0. The molecule has 0 spiro atoms.